The van der Waals surface area contributed by atoms with E-state index in [0.29, 0.717) is 27.7 Å². The summed E-state index contributed by atoms with van der Waals surface area (Å²) in [6.45, 7) is 2.86. The van der Waals surface area contributed by atoms with Crippen LogP contribution in [-0.4, -0.2) is 30.2 Å². The number of hydrogen-bond donors (Lipinski definition) is 1. The minimum atomic E-state index is -3.75. The van der Waals surface area contributed by atoms with Gasteiger partial charge in [0.15, 0.2) is 6.61 Å². The Balaban J connectivity index is 1.61. The van der Waals surface area contributed by atoms with Crippen molar-refractivity contribution in [2.24, 2.45) is 4.40 Å². The van der Waals surface area contributed by atoms with E-state index in [9.17, 15) is 13.2 Å². The van der Waals surface area contributed by atoms with Gasteiger partial charge in [-0.25, -0.2) is 0 Å². The second-order valence-electron chi connectivity index (χ2n) is 5.72. The van der Waals surface area contributed by atoms with Gasteiger partial charge in [0, 0.05) is 21.9 Å². The topological polar surface area (TPSA) is 124 Å². The molecule has 0 saturated carbocycles. The fraction of sp³-hybridized carbons (Fsp3) is 0.250. The zero-order valence-electron chi connectivity index (χ0n) is 14.4. The van der Waals surface area contributed by atoms with E-state index < -0.39 is 16.2 Å². The fourth-order valence-electron chi connectivity index (χ4n) is 2.44. The van der Waals surface area contributed by atoms with Crippen LogP contribution in [0.4, 0.5) is 0 Å². The Hall–Kier alpha value is -2.72. The summed E-state index contributed by atoms with van der Waals surface area (Å²) < 4.78 is 38.9. The Morgan fingerprint density at radius 2 is 2.11 bits per heavy atom. The van der Waals surface area contributed by atoms with E-state index in [-0.39, 0.29) is 24.6 Å². The van der Waals surface area contributed by atoms with Crippen molar-refractivity contribution >= 4 is 33.5 Å². The number of carbonyl (C=O) groups is 1. The molecule has 1 aliphatic heterocycles. The molecular weight excluding hydrogens is 396 g/mol. The maximum Gasteiger partial charge on any atom is 0.342 e. The summed E-state index contributed by atoms with van der Waals surface area (Å²) in [5.41, 5.74) is 1.70. The molecule has 0 amide bonds. The molecule has 1 N–H and O–H groups in total. The van der Waals surface area contributed by atoms with Crippen molar-refractivity contribution < 1.29 is 22.5 Å². The van der Waals surface area contributed by atoms with E-state index in [0.717, 1.165) is 0 Å². The predicted molar refractivity (Wildman–Crippen MR) is 97.0 cm³/mol. The van der Waals surface area contributed by atoms with Gasteiger partial charge in [0.2, 0.25) is 5.82 Å². The summed E-state index contributed by atoms with van der Waals surface area (Å²) in [7, 11) is -3.75. The van der Waals surface area contributed by atoms with Crippen molar-refractivity contribution in [3.05, 3.63) is 46.4 Å². The van der Waals surface area contributed by atoms with Crippen LogP contribution in [0.15, 0.2) is 44.5 Å². The Kier molecular flexibility index (Phi) is 5.29. The van der Waals surface area contributed by atoms with Crippen LogP contribution >= 0.6 is 11.6 Å². The van der Waals surface area contributed by atoms with Crippen LogP contribution in [0.1, 0.15) is 26.2 Å². The number of halogens is 1. The normalized spacial score (nSPS) is 15.9. The summed E-state index contributed by atoms with van der Waals surface area (Å²) in [5, 5.41) is 4.36. The van der Waals surface area contributed by atoms with Gasteiger partial charge in [-0.15, -0.1) is 4.40 Å². The number of nitrogens with one attached hydrogen (secondary N) is 1. The molecule has 2 aromatic rings. The number of carbonyl (C=O) groups excluding carboxylic acids is 1. The molecule has 0 radical (unpaired) electrons. The lowest BCUT2D eigenvalue weighted by Gasteiger charge is -2.17. The Morgan fingerprint density at radius 3 is 2.81 bits per heavy atom. The molecule has 0 bridgehead atoms. The van der Waals surface area contributed by atoms with Gasteiger partial charge in [-0.2, -0.15) is 13.4 Å². The van der Waals surface area contributed by atoms with E-state index >= 15 is 0 Å². The molecule has 142 valence electrons. The summed E-state index contributed by atoms with van der Waals surface area (Å²) in [5.74, 6) is -0.131. The van der Waals surface area contributed by atoms with Crippen molar-refractivity contribution in [1.29, 1.82) is 0 Å². The molecule has 2 heterocycles. The largest absolute Gasteiger partial charge is 0.455 e. The van der Waals surface area contributed by atoms with Gasteiger partial charge in [0.1, 0.15) is 0 Å². The number of hydrogen-bond acceptors (Lipinski definition) is 7. The number of allylic oxidation sites excluding steroid dienone is 1. The quantitative estimate of drug-likeness (QED) is 0.750. The zero-order chi connectivity index (χ0) is 19.6. The third-order valence-corrected chi connectivity index (χ3v) is 4.97. The van der Waals surface area contributed by atoms with Crippen LogP contribution in [-0.2, 0) is 26.3 Å². The van der Waals surface area contributed by atoms with Crippen LogP contribution in [0.2, 0.25) is 5.02 Å². The molecule has 1 aromatic carbocycles. The predicted octanol–water partition coefficient (Wildman–Crippen LogP) is 2.41. The molecule has 3 rings (SSSR count). The van der Waals surface area contributed by atoms with Crippen LogP contribution in [0.5, 0.6) is 0 Å². The summed E-state index contributed by atoms with van der Waals surface area (Å²) in [6, 6.07) is 6.94. The van der Waals surface area contributed by atoms with Crippen molar-refractivity contribution in [2.75, 3.05) is 0 Å². The van der Waals surface area contributed by atoms with Crippen LogP contribution in [0.3, 0.4) is 0 Å². The molecular formula is C16H15ClN4O5S. The van der Waals surface area contributed by atoms with Crippen LogP contribution < -0.4 is 4.72 Å². The molecule has 0 atom stereocenters. The monoisotopic (exact) mass is 410 g/mol. The average Bonchev–Trinajstić information content (AvgIpc) is 3.04. The molecule has 0 aliphatic carbocycles. The second-order valence-corrected chi connectivity index (χ2v) is 7.49. The third-order valence-electron chi connectivity index (χ3n) is 3.66. The van der Waals surface area contributed by atoms with Crippen molar-refractivity contribution in [3.63, 3.8) is 0 Å². The lowest BCUT2D eigenvalue weighted by molar-refractivity contribution is -0.144. The van der Waals surface area contributed by atoms with Crippen molar-refractivity contribution in [3.8, 4) is 11.4 Å². The molecule has 1 aliphatic rings. The van der Waals surface area contributed by atoms with Crippen LogP contribution in [0, 0.1) is 0 Å². The molecule has 1 aromatic heterocycles. The average molecular weight is 411 g/mol. The van der Waals surface area contributed by atoms with Gasteiger partial charge in [-0.05, 0) is 26.0 Å². The number of aromatic nitrogens is 2. The van der Waals surface area contributed by atoms with Gasteiger partial charge in [-0.1, -0.05) is 28.9 Å². The van der Waals surface area contributed by atoms with E-state index in [1.807, 2.05) is 0 Å². The van der Waals surface area contributed by atoms with E-state index in [1.165, 1.54) is 6.92 Å². The minimum absolute atomic E-state index is 0.124. The Labute approximate surface area is 160 Å². The lowest BCUT2D eigenvalue weighted by Crippen LogP contribution is -2.28. The van der Waals surface area contributed by atoms with Gasteiger partial charge < -0.3 is 9.26 Å². The highest BCUT2D eigenvalue weighted by Gasteiger charge is 2.23. The maximum absolute atomic E-state index is 12.1. The minimum Gasteiger partial charge on any atom is -0.455 e. The van der Waals surface area contributed by atoms with Crippen molar-refractivity contribution in [2.45, 2.75) is 26.9 Å². The molecule has 9 nitrogen and oxygen atoms in total. The molecule has 27 heavy (non-hydrogen) atoms. The SMILES string of the molecule is CC1=NS(=O)(=O)NC(C)=C1CC(=O)OCc1nc(-c2cccc(Cl)c2)no1. The summed E-state index contributed by atoms with van der Waals surface area (Å²) >= 11 is 5.93. The van der Waals surface area contributed by atoms with Gasteiger partial charge in [0.25, 0.3) is 5.89 Å². The van der Waals surface area contributed by atoms with Crippen molar-refractivity contribution in [1.82, 2.24) is 14.9 Å². The Morgan fingerprint density at radius 1 is 1.33 bits per heavy atom. The second kappa shape index (κ2) is 7.49. The van der Waals surface area contributed by atoms with Gasteiger partial charge >= 0.3 is 16.2 Å². The van der Waals surface area contributed by atoms with Crippen LogP contribution in [0.25, 0.3) is 11.4 Å². The third kappa shape index (κ3) is 4.72. The maximum atomic E-state index is 12.1. The van der Waals surface area contributed by atoms with Gasteiger partial charge in [-0.3, -0.25) is 9.52 Å². The molecule has 0 spiro atoms. The number of rotatable bonds is 5. The standard InChI is InChI=1S/C16H15ClN4O5S/c1-9-13(10(2)21-27(23,24)20-9)7-15(22)25-8-14-18-16(19-26-14)11-4-3-5-12(17)6-11/h3-6,20H,7-8H2,1-2H3. The highest BCUT2D eigenvalue weighted by atomic mass is 35.5. The highest BCUT2D eigenvalue weighted by Crippen LogP contribution is 2.21. The first-order valence-corrected chi connectivity index (χ1v) is 9.59. The number of benzene rings is 1. The molecule has 0 saturated heterocycles. The molecule has 0 unspecified atom stereocenters. The summed E-state index contributed by atoms with van der Waals surface area (Å²) in [4.78, 5) is 16.2. The number of nitrogens with zero attached hydrogens (tertiary/aromatic N) is 3. The first kappa shape index (κ1) is 19.1. The smallest absolute Gasteiger partial charge is 0.342 e. The van der Waals surface area contributed by atoms with E-state index in [1.54, 1.807) is 31.2 Å². The first-order valence-electron chi connectivity index (χ1n) is 7.77. The molecule has 11 heteroatoms. The Bertz CT molecular complexity index is 1060. The number of esters is 1. The first-order chi connectivity index (χ1) is 12.7. The fourth-order valence-corrected chi connectivity index (χ4v) is 3.66. The molecule has 0 fully saturated rings. The van der Waals surface area contributed by atoms with E-state index in [4.69, 9.17) is 20.9 Å². The number of ether oxygens (including phenoxy) is 1. The highest BCUT2D eigenvalue weighted by molar-refractivity contribution is 7.88. The van der Waals surface area contributed by atoms with Gasteiger partial charge in [0.05, 0.1) is 12.1 Å². The summed E-state index contributed by atoms with van der Waals surface area (Å²) in [6.07, 6.45) is -0.140. The zero-order valence-corrected chi connectivity index (χ0v) is 16.0. The van der Waals surface area contributed by atoms with E-state index in [2.05, 4.69) is 19.3 Å². The lowest BCUT2D eigenvalue weighted by atomic mass is 10.1.